The summed E-state index contributed by atoms with van der Waals surface area (Å²) in [6.45, 7) is 1.78. The first-order valence-corrected chi connectivity index (χ1v) is 15.3. The summed E-state index contributed by atoms with van der Waals surface area (Å²) >= 11 is 1.22. The van der Waals surface area contributed by atoms with E-state index < -0.39 is 15.4 Å². The van der Waals surface area contributed by atoms with Gasteiger partial charge in [-0.3, -0.25) is 9.78 Å². The normalized spacial score (nSPS) is 20.0. The zero-order valence-electron chi connectivity index (χ0n) is 21.4. The molecule has 2 aromatic heterocycles. The van der Waals surface area contributed by atoms with E-state index in [9.17, 15) is 13.2 Å². The Labute approximate surface area is 232 Å². The highest BCUT2D eigenvalue weighted by Gasteiger charge is 2.50. The van der Waals surface area contributed by atoms with Crippen molar-refractivity contribution >= 4 is 27.3 Å². The summed E-state index contributed by atoms with van der Waals surface area (Å²) in [4.78, 5) is 20.7. The Morgan fingerprint density at radius 2 is 1.64 bits per heavy atom. The predicted molar refractivity (Wildman–Crippen MR) is 151 cm³/mol. The molecule has 0 saturated carbocycles. The topological polar surface area (TPSA) is 79.8 Å². The van der Waals surface area contributed by atoms with Crippen LogP contribution in [-0.2, 0) is 21.4 Å². The molecule has 0 aliphatic carbocycles. The minimum absolute atomic E-state index is 0.0485. The van der Waals surface area contributed by atoms with Crippen molar-refractivity contribution in [2.24, 2.45) is 5.41 Å². The predicted octanol–water partition coefficient (Wildman–Crippen LogP) is 5.81. The lowest BCUT2D eigenvalue weighted by molar-refractivity contribution is -0.138. The third kappa shape index (κ3) is 5.22. The van der Waals surface area contributed by atoms with Crippen molar-refractivity contribution in [2.45, 2.75) is 30.0 Å². The van der Waals surface area contributed by atoms with E-state index in [1.165, 1.54) is 15.6 Å². The molecule has 4 aromatic rings. The van der Waals surface area contributed by atoms with Gasteiger partial charge in [0, 0.05) is 32.4 Å². The van der Waals surface area contributed by atoms with Crippen LogP contribution in [0.25, 0.3) is 10.6 Å². The maximum Gasteiger partial charge on any atom is 0.252 e. The number of ether oxygens (including phenoxy) is 1. The van der Waals surface area contributed by atoms with Gasteiger partial charge in [0.2, 0.25) is 5.91 Å². The largest absolute Gasteiger partial charge is 0.457 e. The van der Waals surface area contributed by atoms with Gasteiger partial charge in [-0.15, -0.1) is 11.3 Å². The van der Waals surface area contributed by atoms with Crippen molar-refractivity contribution in [3.05, 3.63) is 96.7 Å². The van der Waals surface area contributed by atoms with Crippen LogP contribution in [0.15, 0.2) is 95.3 Å². The summed E-state index contributed by atoms with van der Waals surface area (Å²) in [5, 5.41) is 0. The maximum atomic E-state index is 13.7. The average Bonchev–Trinajstić information content (AvgIpc) is 3.58. The van der Waals surface area contributed by atoms with Crippen molar-refractivity contribution < 1.29 is 17.9 Å². The molecule has 39 heavy (non-hydrogen) atoms. The van der Waals surface area contributed by atoms with Crippen LogP contribution in [0, 0.1) is 5.41 Å². The Bertz CT molecular complexity index is 1560. The fourth-order valence-corrected chi connectivity index (χ4v) is 8.46. The maximum absolute atomic E-state index is 13.7. The number of para-hydroxylation sites is 1. The van der Waals surface area contributed by atoms with E-state index in [4.69, 9.17) is 4.74 Å². The minimum Gasteiger partial charge on any atom is -0.457 e. The Kier molecular flexibility index (Phi) is 6.97. The molecule has 2 aliphatic heterocycles. The molecule has 1 unspecified atom stereocenters. The molecule has 7 nitrogen and oxygen atoms in total. The third-order valence-electron chi connectivity index (χ3n) is 7.51. The van der Waals surface area contributed by atoms with Gasteiger partial charge >= 0.3 is 0 Å². The van der Waals surface area contributed by atoms with Crippen molar-refractivity contribution in [3.8, 4) is 22.1 Å². The Balaban J connectivity index is 1.13. The number of aromatic nitrogens is 1. The fraction of sp³-hybridized carbons (Fsp3) is 0.267. The summed E-state index contributed by atoms with van der Waals surface area (Å²) < 4.78 is 34.9. The van der Waals surface area contributed by atoms with E-state index in [1.54, 1.807) is 18.3 Å². The number of sulfonamides is 1. The number of carbonyl (C=O) groups is 1. The number of likely N-dealkylation sites (tertiary alicyclic amines) is 1. The van der Waals surface area contributed by atoms with Crippen LogP contribution in [0.3, 0.4) is 0 Å². The van der Waals surface area contributed by atoms with Crippen molar-refractivity contribution in [1.82, 2.24) is 14.2 Å². The average molecular weight is 560 g/mol. The van der Waals surface area contributed by atoms with E-state index in [-0.39, 0.29) is 12.5 Å². The summed E-state index contributed by atoms with van der Waals surface area (Å²) in [5.74, 6) is 1.56. The van der Waals surface area contributed by atoms with Gasteiger partial charge in [-0.05, 0) is 73.4 Å². The zero-order valence-corrected chi connectivity index (χ0v) is 23.0. The van der Waals surface area contributed by atoms with Gasteiger partial charge in [0.05, 0.1) is 16.0 Å². The smallest absolute Gasteiger partial charge is 0.252 e. The number of benzene rings is 2. The molecule has 9 heteroatoms. The second-order valence-electron chi connectivity index (χ2n) is 10.1. The van der Waals surface area contributed by atoms with Gasteiger partial charge in [0.25, 0.3) is 10.0 Å². The van der Waals surface area contributed by atoms with Crippen LogP contribution < -0.4 is 4.74 Å². The van der Waals surface area contributed by atoms with Crippen LogP contribution in [0.1, 0.15) is 24.8 Å². The van der Waals surface area contributed by atoms with E-state index in [2.05, 4.69) is 4.98 Å². The number of pyridine rings is 1. The first kappa shape index (κ1) is 25.7. The third-order valence-corrected chi connectivity index (χ3v) is 10.9. The van der Waals surface area contributed by atoms with Gasteiger partial charge in [0.1, 0.15) is 15.7 Å². The molecule has 2 aliphatic rings. The van der Waals surface area contributed by atoms with Crippen LogP contribution >= 0.6 is 11.3 Å². The molecular formula is C30H29N3O4S2. The Morgan fingerprint density at radius 3 is 2.41 bits per heavy atom. The second-order valence-corrected chi connectivity index (χ2v) is 13.3. The van der Waals surface area contributed by atoms with Crippen LogP contribution in [0.2, 0.25) is 0 Å². The zero-order chi connectivity index (χ0) is 26.9. The highest BCUT2D eigenvalue weighted by Crippen LogP contribution is 2.43. The van der Waals surface area contributed by atoms with Crippen molar-refractivity contribution in [1.29, 1.82) is 0 Å². The van der Waals surface area contributed by atoms with Gasteiger partial charge in [-0.2, -0.15) is 4.31 Å². The number of carbonyl (C=O) groups excluding carboxylic acids is 1. The molecule has 0 N–H and O–H groups in total. The molecule has 200 valence electrons. The highest BCUT2D eigenvalue weighted by atomic mass is 32.2. The standard InChI is InChI=1S/C30H29N3O4S2/c34-29-30(17-20-32(29)21-23-10-12-25(13-11-23)37-24-7-2-1-3-8-24)16-6-19-33(22-30)39(35,36)28-15-14-27(38-28)26-9-4-5-18-31-26/h1-5,7-15,18H,6,16-17,19-22H2. The number of rotatable bonds is 7. The Morgan fingerprint density at radius 1 is 0.872 bits per heavy atom. The number of piperidine rings is 1. The van der Waals surface area contributed by atoms with Crippen LogP contribution in [-0.4, -0.2) is 48.1 Å². The number of thiophene rings is 1. The highest BCUT2D eigenvalue weighted by molar-refractivity contribution is 7.91. The van der Waals surface area contributed by atoms with E-state index in [1.807, 2.05) is 77.7 Å². The van der Waals surface area contributed by atoms with Gasteiger partial charge in [-0.25, -0.2) is 8.42 Å². The van der Waals surface area contributed by atoms with Gasteiger partial charge in [-0.1, -0.05) is 36.4 Å². The molecule has 4 heterocycles. The number of hydrogen-bond donors (Lipinski definition) is 0. The summed E-state index contributed by atoms with van der Waals surface area (Å²) in [6.07, 6.45) is 3.74. The number of nitrogens with zero attached hydrogens (tertiary/aromatic N) is 3. The van der Waals surface area contributed by atoms with Crippen molar-refractivity contribution in [3.63, 3.8) is 0 Å². The molecule has 2 saturated heterocycles. The number of amides is 1. The van der Waals surface area contributed by atoms with Crippen LogP contribution in [0.4, 0.5) is 0 Å². The van der Waals surface area contributed by atoms with E-state index >= 15 is 0 Å². The second kappa shape index (κ2) is 10.6. The first-order chi connectivity index (χ1) is 18.9. The summed E-state index contributed by atoms with van der Waals surface area (Å²) in [5.41, 5.74) is 1.10. The lowest BCUT2D eigenvalue weighted by Gasteiger charge is -2.38. The molecule has 1 amide bonds. The molecule has 2 fully saturated rings. The molecule has 1 spiro atoms. The number of hydrogen-bond acceptors (Lipinski definition) is 6. The minimum atomic E-state index is -3.70. The molecule has 2 aromatic carbocycles. The Hall–Kier alpha value is -3.53. The first-order valence-electron chi connectivity index (χ1n) is 13.1. The molecule has 0 bridgehead atoms. The van der Waals surface area contributed by atoms with Crippen molar-refractivity contribution in [2.75, 3.05) is 19.6 Å². The van der Waals surface area contributed by atoms with E-state index in [0.717, 1.165) is 27.6 Å². The van der Waals surface area contributed by atoms with E-state index in [0.29, 0.717) is 43.1 Å². The van der Waals surface area contributed by atoms with Gasteiger partial charge < -0.3 is 9.64 Å². The lowest BCUT2D eigenvalue weighted by Crippen LogP contribution is -2.49. The summed E-state index contributed by atoms with van der Waals surface area (Å²) in [6, 6.07) is 26.4. The lowest BCUT2D eigenvalue weighted by atomic mass is 9.79. The summed E-state index contributed by atoms with van der Waals surface area (Å²) in [7, 11) is -3.70. The van der Waals surface area contributed by atoms with Gasteiger partial charge in [0.15, 0.2) is 0 Å². The molecule has 6 rings (SSSR count). The molecule has 1 atom stereocenters. The fourth-order valence-electron chi connectivity index (χ4n) is 5.46. The SMILES string of the molecule is O=C1N(Cc2ccc(Oc3ccccc3)cc2)CCC12CCCN(S(=O)(=O)c1ccc(-c3ccccn3)s1)C2. The monoisotopic (exact) mass is 559 g/mol. The molecule has 0 radical (unpaired) electrons. The van der Waals surface area contributed by atoms with Crippen LogP contribution in [0.5, 0.6) is 11.5 Å². The quantitative estimate of drug-likeness (QED) is 0.286. The molecular weight excluding hydrogens is 530 g/mol.